The van der Waals surface area contributed by atoms with Crippen molar-refractivity contribution in [1.29, 1.82) is 5.26 Å². The Hall–Kier alpha value is -1.01. The average molecular weight is 279 g/mol. The van der Waals surface area contributed by atoms with Crippen molar-refractivity contribution in [2.24, 2.45) is 5.41 Å². The standard InChI is InChI=1S/C13H15BrN2/c1-9(13(2)5-6-13)16-12-7-11(14)4-3-10(12)8-15/h3-4,7,9,16H,5-6H2,1-2H3. The SMILES string of the molecule is CC(Nc1cc(Br)ccc1C#N)C1(C)CC1. The van der Waals surface area contributed by atoms with E-state index in [1.54, 1.807) is 0 Å². The zero-order chi connectivity index (χ0) is 11.8. The molecule has 0 amide bonds. The Labute approximate surface area is 105 Å². The Morgan fingerprint density at radius 2 is 2.19 bits per heavy atom. The molecule has 1 aliphatic rings. The second-order valence-corrected chi connectivity index (χ2v) is 5.74. The van der Waals surface area contributed by atoms with Crippen molar-refractivity contribution in [3.05, 3.63) is 28.2 Å². The molecule has 0 bridgehead atoms. The van der Waals surface area contributed by atoms with Crippen molar-refractivity contribution in [2.45, 2.75) is 32.7 Å². The van der Waals surface area contributed by atoms with Gasteiger partial charge in [0, 0.05) is 10.5 Å². The predicted octanol–water partition coefficient (Wildman–Crippen LogP) is 3.92. The molecule has 1 aliphatic carbocycles. The zero-order valence-corrected chi connectivity index (χ0v) is 11.1. The van der Waals surface area contributed by atoms with Gasteiger partial charge in [0.05, 0.1) is 11.3 Å². The first-order chi connectivity index (χ1) is 7.55. The number of nitriles is 1. The summed E-state index contributed by atoms with van der Waals surface area (Å²) in [5.41, 5.74) is 2.05. The molecule has 1 aromatic carbocycles. The maximum atomic E-state index is 9.04. The number of nitrogens with zero attached hydrogens (tertiary/aromatic N) is 1. The van der Waals surface area contributed by atoms with E-state index < -0.39 is 0 Å². The molecule has 2 rings (SSSR count). The number of rotatable bonds is 3. The van der Waals surface area contributed by atoms with Crippen LogP contribution in [0.1, 0.15) is 32.3 Å². The molecule has 3 heteroatoms. The fourth-order valence-electron chi connectivity index (χ4n) is 1.77. The molecule has 16 heavy (non-hydrogen) atoms. The Morgan fingerprint density at radius 1 is 1.50 bits per heavy atom. The van der Waals surface area contributed by atoms with E-state index in [1.165, 1.54) is 12.8 Å². The van der Waals surface area contributed by atoms with Gasteiger partial charge in [-0.15, -0.1) is 0 Å². The molecule has 0 radical (unpaired) electrons. The van der Waals surface area contributed by atoms with Crippen molar-refractivity contribution in [3.8, 4) is 6.07 Å². The smallest absolute Gasteiger partial charge is 0.101 e. The fraction of sp³-hybridized carbons (Fsp3) is 0.462. The lowest BCUT2D eigenvalue weighted by atomic mass is 10.00. The van der Waals surface area contributed by atoms with Crippen LogP contribution in [0, 0.1) is 16.7 Å². The van der Waals surface area contributed by atoms with E-state index >= 15 is 0 Å². The highest BCUT2D eigenvalue weighted by molar-refractivity contribution is 9.10. The maximum absolute atomic E-state index is 9.04. The van der Waals surface area contributed by atoms with Crippen LogP contribution in [0.2, 0.25) is 0 Å². The minimum Gasteiger partial charge on any atom is -0.381 e. The van der Waals surface area contributed by atoms with Gasteiger partial charge in [0.25, 0.3) is 0 Å². The minimum atomic E-state index is 0.411. The van der Waals surface area contributed by atoms with Gasteiger partial charge in [-0.05, 0) is 43.4 Å². The van der Waals surface area contributed by atoms with Crippen molar-refractivity contribution >= 4 is 21.6 Å². The van der Waals surface area contributed by atoms with E-state index in [2.05, 4.69) is 41.2 Å². The summed E-state index contributed by atoms with van der Waals surface area (Å²) in [4.78, 5) is 0. The van der Waals surface area contributed by atoms with Crippen LogP contribution < -0.4 is 5.32 Å². The summed E-state index contributed by atoms with van der Waals surface area (Å²) < 4.78 is 1.00. The van der Waals surface area contributed by atoms with Gasteiger partial charge in [0.1, 0.15) is 6.07 Å². The molecule has 84 valence electrons. The summed E-state index contributed by atoms with van der Waals surface area (Å²) in [5.74, 6) is 0. The topological polar surface area (TPSA) is 35.8 Å². The number of nitrogens with one attached hydrogen (secondary N) is 1. The molecule has 1 fully saturated rings. The number of hydrogen-bond acceptors (Lipinski definition) is 2. The van der Waals surface area contributed by atoms with E-state index in [1.807, 2.05) is 18.2 Å². The summed E-state index contributed by atoms with van der Waals surface area (Å²) in [6.07, 6.45) is 2.55. The number of hydrogen-bond donors (Lipinski definition) is 1. The van der Waals surface area contributed by atoms with Crippen LogP contribution in [-0.4, -0.2) is 6.04 Å². The average Bonchev–Trinajstić information content (AvgIpc) is 2.98. The first kappa shape index (κ1) is 11.5. The molecule has 0 aliphatic heterocycles. The van der Waals surface area contributed by atoms with Crippen molar-refractivity contribution in [1.82, 2.24) is 0 Å². The van der Waals surface area contributed by atoms with Gasteiger partial charge in [-0.25, -0.2) is 0 Å². The molecule has 1 N–H and O–H groups in total. The summed E-state index contributed by atoms with van der Waals surface area (Å²) in [5, 5.41) is 12.5. The predicted molar refractivity (Wildman–Crippen MR) is 69.3 cm³/mol. The minimum absolute atomic E-state index is 0.411. The lowest BCUT2D eigenvalue weighted by Gasteiger charge is -2.22. The number of halogens is 1. The van der Waals surface area contributed by atoms with E-state index in [0.717, 1.165) is 10.2 Å². The summed E-state index contributed by atoms with van der Waals surface area (Å²) in [6, 6.07) is 8.34. The van der Waals surface area contributed by atoms with Gasteiger partial charge >= 0.3 is 0 Å². The lowest BCUT2D eigenvalue weighted by Crippen LogP contribution is -2.25. The van der Waals surface area contributed by atoms with Crippen LogP contribution in [-0.2, 0) is 0 Å². The van der Waals surface area contributed by atoms with E-state index in [9.17, 15) is 0 Å². The number of benzene rings is 1. The first-order valence-electron chi connectivity index (χ1n) is 5.51. The molecule has 0 heterocycles. The molecule has 0 spiro atoms. The van der Waals surface area contributed by atoms with Gasteiger partial charge < -0.3 is 5.32 Å². The van der Waals surface area contributed by atoms with E-state index in [0.29, 0.717) is 17.0 Å². The molecule has 1 unspecified atom stereocenters. The zero-order valence-electron chi connectivity index (χ0n) is 9.55. The highest BCUT2D eigenvalue weighted by atomic mass is 79.9. The molecular formula is C13H15BrN2. The quantitative estimate of drug-likeness (QED) is 0.910. The fourth-order valence-corrected chi connectivity index (χ4v) is 2.13. The molecule has 2 nitrogen and oxygen atoms in total. The summed E-state index contributed by atoms with van der Waals surface area (Å²) in [6.45, 7) is 4.48. The monoisotopic (exact) mass is 278 g/mol. The van der Waals surface area contributed by atoms with E-state index in [-0.39, 0.29) is 0 Å². The molecule has 0 saturated heterocycles. The third kappa shape index (κ3) is 2.22. The van der Waals surface area contributed by atoms with Crippen LogP contribution in [0.4, 0.5) is 5.69 Å². The summed E-state index contributed by atoms with van der Waals surface area (Å²) >= 11 is 3.43. The van der Waals surface area contributed by atoms with Gasteiger partial charge in [-0.1, -0.05) is 22.9 Å². The van der Waals surface area contributed by atoms with Crippen molar-refractivity contribution in [3.63, 3.8) is 0 Å². The Kier molecular flexibility index (Phi) is 2.94. The lowest BCUT2D eigenvalue weighted by molar-refractivity contribution is 0.493. The van der Waals surface area contributed by atoms with Gasteiger partial charge in [-0.3, -0.25) is 0 Å². The van der Waals surface area contributed by atoms with Crippen LogP contribution in [0.25, 0.3) is 0 Å². The normalized spacial score (nSPS) is 18.6. The van der Waals surface area contributed by atoms with Crippen LogP contribution in [0.5, 0.6) is 0 Å². The largest absolute Gasteiger partial charge is 0.381 e. The van der Waals surface area contributed by atoms with Gasteiger partial charge in [-0.2, -0.15) is 5.26 Å². The van der Waals surface area contributed by atoms with Crippen LogP contribution in [0.3, 0.4) is 0 Å². The van der Waals surface area contributed by atoms with E-state index in [4.69, 9.17) is 5.26 Å². The molecule has 0 aromatic heterocycles. The maximum Gasteiger partial charge on any atom is 0.101 e. The molecule has 1 aromatic rings. The molecular weight excluding hydrogens is 264 g/mol. The van der Waals surface area contributed by atoms with Crippen LogP contribution >= 0.6 is 15.9 Å². The van der Waals surface area contributed by atoms with Crippen molar-refractivity contribution < 1.29 is 0 Å². The Morgan fingerprint density at radius 3 is 2.75 bits per heavy atom. The second-order valence-electron chi connectivity index (χ2n) is 4.82. The first-order valence-corrected chi connectivity index (χ1v) is 6.31. The van der Waals surface area contributed by atoms with Gasteiger partial charge in [0.15, 0.2) is 0 Å². The Balaban J connectivity index is 2.20. The summed E-state index contributed by atoms with van der Waals surface area (Å²) in [7, 11) is 0. The number of anilines is 1. The van der Waals surface area contributed by atoms with Crippen LogP contribution in [0.15, 0.2) is 22.7 Å². The Bertz CT molecular complexity index is 444. The second kappa shape index (κ2) is 4.10. The third-order valence-electron chi connectivity index (χ3n) is 3.56. The highest BCUT2D eigenvalue weighted by Gasteiger charge is 2.42. The molecule has 1 atom stereocenters. The van der Waals surface area contributed by atoms with Crippen molar-refractivity contribution in [2.75, 3.05) is 5.32 Å². The van der Waals surface area contributed by atoms with Gasteiger partial charge in [0.2, 0.25) is 0 Å². The highest BCUT2D eigenvalue weighted by Crippen LogP contribution is 2.49. The molecule has 1 saturated carbocycles. The third-order valence-corrected chi connectivity index (χ3v) is 4.05.